The molecule has 0 amide bonds. The van der Waals surface area contributed by atoms with Crippen molar-refractivity contribution < 1.29 is 13.9 Å². The summed E-state index contributed by atoms with van der Waals surface area (Å²) >= 11 is 9.80. The van der Waals surface area contributed by atoms with Crippen LogP contribution in [0.3, 0.4) is 0 Å². The lowest BCUT2D eigenvalue weighted by atomic mass is 9.97. The van der Waals surface area contributed by atoms with E-state index in [2.05, 4.69) is 31.0 Å². The fraction of sp³-hybridized carbons (Fsp3) is 0.280. The number of ether oxygens (including phenoxy) is 1. The second-order valence-electron chi connectivity index (χ2n) is 8.60. The van der Waals surface area contributed by atoms with E-state index in [0.29, 0.717) is 38.6 Å². The monoisotopic (exact) mass is 557 g/mol. The molecule has 180 valence electrons. The van der Waals surface area contributed by atoms with E-state index in [9.17, 15) is 9.18 Å². The first kappa shape index (κ1) is 23.8. The molecule has 4 aromatic rings. The predicted molar refractivity (Wildman–Crippen MR) is 138 cm³/mol. The Bertz CT molecular complexity index is 1480. The van der Waals surface area contributed by atoms with Crippen molar-refractivity contribution in [3.63, 3.8) is 0 Å². The van der Waals surface area contributed by atoms with Crippen molar-refractivity contribution in [3.8, 4) is 0 Å². The van der Waals surface area contributed by atoms with Gasteiger partial charge in [0.2, 0.25) is 0 Å². The molecule has 2 aromatic carbocycles. The van der Waals surface area contributed by atoms with Gasteiger partial charge in [-0.1, -0.05) is 11.6 Å². The number of carbonyl (C=O) groups is 1. The molecule has 35 heavy (non-hydrogen) atoms. The molecule has 0 spiro atoms. The van der Waals surface area contributed by atoms with E-state index < -0.39 is 11.6 Å². The summed E-state index contributed by atoms with van der Waals surface area (Å²) in [6.45, 7) is 0.626. The lowest BCUT2D eigenvalue weighted by Crippen LogP contribution is -2.18. The zero-order valence-electron chi connectivity index (χ0n) is 19.1. The zero-order valence-corrected chi connectivity index (χ0v) is 21.5. The number of nitrogens with zero attached hydrogens (tertiary/aromatic N) is 5. The molecule has 5 rings (SSSR count). The number of benzene rings is 2. The number of pyridine rings is 1. The molecule has 0 radical (unpaired) electrons. The second kappa shape index (κ2) is 9.64. The van der Waals surface area contributed by atoms with Gasteiger partial charge in [-0.3, -0.25) is 9.78 Å². The van der Waals surface area contributed by atoms with Crippen molar-refractivity contribution >= 4 is 67.1 Å². The molecule has 1 saturated heterocycles. The minimum atomic E-state index is -0.711. The molecule has 2 aromatic heterocycles. The van der Waals surface area contributed by atoms with Gasteiger partial charge in [-0.15, -0.1) is 0 Å². The maximum Gasteiger partial charge on any atom is 0.196 e. The Morgan fingerprint density at radius 2 is 2.11 bits per heavy atom. The molecule has 0 aliphatic carbocycles. The maximum atomic E-state index is 14.9. The number of hydrogen-bond donors (Lipinski definition) is 0. The summed E-state index contributed by atoms with van der Waals surface area (Å²) < 4.78 is 23.0. The number of ketones is 1. The first-order valence-electron chi connectivity index (χ1n) is 11.2. The fourth-order valence-corrected chi connectivity index (χ4v) is 4.96. The minimum Gasteiger partial charge on any atom is -0.369 e. The van der Waals surface area contributed by atoms with Gasteiger partial charge < -0.3 is 9.64 Å². The maximum absolute atomic E-state index is 14.9. The quantitative estimate of drug-likeness (QED) is 0.163. The van der Waals surface area contributed by atoms with Crippen molar-refractivity contribution in [1.82, 2.24) is 19.7 Å². The molecule has 0 saturated carbocycles. The minimum absolute atomic E-state index is 0.124. The first-order chi connectivity index (χ1) is 16.8. The Hall–Kier alpha value is -2.88. The van der Waals surface area contributed by atoms with Crippen LogP contribution in [-0.4, -0.2) is 52.5 Å². The van der Waals surface area contributed by atoms with Crippen LogP contribution in [0.25, 0.3) is 21.8 Å². The Kier molecular flexibility index (Phi) is 6.57. The lowest BCUT2D eigenvalue weighted by molar-refractivity contribution is -0.0390. The van der Waals surface area contributed by atoms with Gasteiger partial charge in [0.25, 0.3) is 0 Å². The highest BCUT2D eigenvalue weighted by Gasteiger charge is 2.26. The first-order valence-corrected chi connectivity index (χ1v) is 12.3. The summed E-state index contributed by atoms with van der Waals surface area (Å²) in [5.74, 6) is -1.11. The third-order valence-electron chi connectivity index (χ3n) is 5.88. The van der Waals surface area contributed by atoms with Gasteiger partial charge in [-0.2, -0.15) is 5.10 Å². The molecule has 0 bridgehead atoms. The van der Waals surface area contributed by atoms with E-state index in [4.69, 9.17) is 16.3 Å². The molecule has 1 fully saturated rings. The average Bonchev–Trinajstić information content (AvgIpc) is 3.31. The largest absolute Gasteiger partial charge is 0.369 e. The van der Waals surface area contributed by atoms with Gasteiger partial charge in [0, 0.05) is 53.9 Å². The van der Waals surface area contributed by atoms with E-state index in [1.54, 1.807) is 40.4 Å². The van der Waals surface area contributed by atoms with Crippen molar-refractivity contribution in [2.45, 2.75) is 25.5 Å². The molecular formula is C25H22BrClFN5O2. The zero-order chi connectivity index (χ0) is 24.7. The SMILES string of the molecule is CN(C)C=Nc1c(C(=O)c2cc(F)c(Cl)c3nn(C4CCCCO4)cc23)cc(Br)c2ncccc12. The van der Waals surface area contributed by atoms with Gasteiger partial charge in [0.1, 0.15) is 22.6 Å². The molecule has 1 atom stereocenters. The summed E-state index contributed by atoms with van der Waals surface area (Å²) in [7, 11) is 3.67. The van der Waals surface area contributed by atoms with Gasteiger partial charge in [-0.25, -0.2) is 14.1 Å². The summed E-state index contributed by atoms with van der Waals surface area (Å²) in [6, 6.07) is 6.48. The molecule has 10 heteroatoms. The van der Waals surface area contributed by atoms with Crippen LogP contribution in [-0.2, 0) is 4.74 Å². The molecule has 7 nitrogen and oxygen atoms in total. The highest BCUT2D eigenvalue weighted by Crippen LogP contribution is 2.38. The van der Waals surface area contributed by atoms with Gasteiger partial charge >= 0.3 is 0 Å². The van der Waals surface area contributed by atoms with E-state index in [-0.39, 0.29) is 22.3 Å². The van der Waals surface area contributed by atoms with E-state index in [1.807, 2.05) is 20.2 Å². The third-order valence-corrected chi connectivity index (χ3v) is 6.85. The number of carbonyl (C=O) groups excluding carboxylic acids is 1. The number of aliphatic imine (C=N–C) groups is 1. The van der Waals surface area contributed by atoms with Crippen LogP contribution in [0.2, 0.25) is 5.02 Å². The Morgan fingerprint density at radius 1 is 1.29 bits per heavy atom. The molecule has 1 aliphatic rings. The Labute approximate surface area is 214 Å². The highest BCUT2D eigenvalue weighted by molar-refractivity contribution is 9.10. The third kappa shape index (κ3) is 4.44. The normalized spacial score (nSPS) is 16.4. The Morgan fingerprint density at radius 3 is 2.86 bits per heavy atom. The van der Waals surface area contributed by atoms with E-state index >= 15 is 0 Å². The Balaban J connectivity index is 1.71. The second-order valence-corrected chi connectivity index (χ2v) is 9.84. The lowest BCUT2D eigenvalue weighted by Gasteiger charge is -2.22. The number of rotatable bonds is 5. The van der Waals surface area contributed by atoms with Crippen LogP contribution in [0.15, 0.2) is 46.1 Å². The summed E-state index contributed by atoms with van der Waals surface area (Å²) in [5, 5.41) is 5.52. The standard InChI is InChI=1S/C25H22BrClFN5O2/c1-32(2)13-30-22-14-6-5-8-29-23(14)18(26)10-16(22)25(34)15-11-19(28)21(27)24-17(15)12-33(31-24)20-7-3-4-9-35-20/h5-6,8,10-13,20H,3-4,7,9H2,1-2H3. The van der Waals surface area contributed by atoms with Crippen LogP contribution in [0.4, 0.5) is 10.1 Å². The van der Waals surface area contributed by atoms with Crippen LogP contribution in [0.1, 0.15) is 41.4 Å². The molecule has 0 N–H and O–H groups in total. The fourth-order valence-electron chi connectivity index (χ4n) is 4.23. The average molecular weight is 559 g/mol. The van der Waals surface area contributed by atoms with Crippen LogP contribution >= 0.6 is 27.5 Å². The summed E-state index contributed by atoms with van der Waals surface area (Å²) in [6.07, 6.45) is 7.49. The number of hydrogen-bond acceptors (Lipinski definition) is 5. The van der Waals surface area contributed by atoms with Gasteiger partial charge in [0.05, 0.1) is 23.1 Å². The van der Waals surface area contributed by atoms with Crippen molar-refractivity contribution in [2.75, 3.05) is 20.7 Å². The van der Waals surface area contributed by atoms with E-state index in [1.165, 1.54) is 6.07 Å². The van der Waals surface area contributed by atoms with Crippen molar-refractivity contribution in [2.24, 2.45) is 4.99 Å². The molecule has 1 aliphatic heterocycles. The smallest absolute Gasteiger partial charge is 0.196 e. The van der Waals surface area contributed by atoms with E-state index in [0.717, 1.165) is 19.3 Å². The topological polar surface area (TPSA) is 72.6 Å². The number of aromatic nitrogens is 3. The summed E-state index contributed by atoms with van der Waals surface area (Å²) in [5.41, 5.74) is 1.80. The number of halogens is 3. The van der Waals surface area contributed by atoms with Crippen molar-refractivity contribution in [3.05, 3.63) is 63.1 Å². The van der Waals surface area contributed by atoms with Crippen LogP contribution < -0.4 is 0 Å². The molecule has 1 unspecified atom stereocenters. The summed E-state index contributed by atoms with van der Waals surface area (Å²) in [4.78, 5) is 24.7. The van der Waals surface area contributed by atoms with Gasteiger partial charge in [0.15, 0.2) is 5.78 Å². The molecule has 3 heterocycles. The molecular weight excluding hydrogens is 537 g/mol. The van der Waals surface area contributed by atoms with Crippen LogP contribution in [0.5, 0.6) is 0 Å². The van der Waals surface area contributed by atoms with Crippen molar-refractivity contribution in [1.29, 1.82) is 0 Å². The predicted octanol–water partition coefficient (Wildman–Crippen LogP) is 6.29. The van der Waals surface area contributed by atoms with Gasteiger partial charge in [-0.05, 0) is 59.5 Å². The number of fused-ring (bicyclic) bond motifs is 2. The van der Waals surface area contributed by atoms with Crippen LogP contribution in [0, 0.1) is 5.82 Å². The highest BCUT2D eigenvalue weighted by atomic mass is 79.9.